The summed E-state index contributed by atoms with van der Waals surface area (Å²) in [6.45, 7) is 1.81. The molecule has 0 saturated heterocycles. The number of benzene rings is 2. The fourth-order valence-electron chi connectivity index (χ4n) is 2.23. The minimum absolute atomic E-state index is 0.0435. The van der Waals surface area contributed by atoms with Crippen LogP contribution in [0.4, 0.5) is 5.69 Å². The van der Waals surface area contributed by atoms with E-state index < -0.39 is 10.9 Å². The summed E-state index contributed by atoms with van der Waals surface area (Å²) in [5, 5.41) is 19.8. The molecule has 7 heteroatoms. The van der Waals surface area contributed by atoms with Crippen LogP contribution in [0.25, 0.3) is 6.08 Å². The van der Waals surface area contributed by atoms with Gasteiger partial charge in [0.1, 0.15) is 12.4 Å². The Morgan fingerprint density at radius 2 is 1.96 bits per heavy atom. The highest BCUT2D eigenvalue weighted by Gasteiger charge is 2.16. The van der Waals surface area contributed by atoms with E-state index >= 15 is 0 Å². The van der Waals surface area contributed by atoms with Crippen LogP contribution in [0, 0.1) is 17.0 Å². The third-order valence-electron chi connectivity index (χ3n) is 3.42. The first-order valence-electron chi connectivity index (χ1n) is 7.36. The smallest absolute Gasteiger partial charge is 0.328 e. The molecule has 2 aromatic carbocycles. The normalized spacial score (nSPS) is 10.6. The van der Waals surface area contributed by atoms with Crippen molar-refractivity contribution in [1.29, 1.82) is 0 Å². The van der Waals surface area contributed by atoms with Crippen molar-refractivity contribution in [1.82, 2.24) is 0 Å². The van der Waals surface area contributed by atoms with Crippen molar-refractivity contribution in [3.05, 3.63) is 69.3 Å². The number of nitrogens with zero attached hydrogens (tertiary/aromatic N) is 1. The molecule has 0 aliphatic heterocycles. The standard InChI is InChI=1S/C18H17NO6/c1-12-3-6-17(15(9-12)19(22)23)25-11-14-10-13(5-8-18(20)21)4-7-16(14)24-2/h3-10H,11H2,1-2H3,(H,20,21)/b8-5+. The van der Waals surface area contributed by atoms with Gasteiger partial charge in [0.05, 0.1) is 12.0 Å². The largest absolute Gasteiger partial charge is 0.496 e. The lowest BCUT2D eigenvalue weighted by atomic mass is 10.1. The molecule has 0 aliphatic rings. The molecule has 0 fully saturated rings. The van der Waals surface area contributed by atoms with Crippen molar-refractivity contribution in [2.45, 2.75) is 13.5 Å². The molecule has 7 nitrogen and oxygen atoms in total. The number of nitro benzene ring substituents is 1. The minimum Gasteiger partial charge on any atom is -0.496 e. The Hall–Kier alpha value is -3.35. The Kier molecular flexibility index (Phi) is 5.73. The first-order valence-corrected chi connectivity index (χ1v) is 7.36. The van der Waals surface area contributed by atoms with Gasteiger partial charge in [-0.05, 0) is 42.3 Å². The molecular formula is C18H17NO6. The van der Waals surface area contributed by atoms with Gasteiger partial charge in [0.25, 0.3) is 0 Å². The first kappa shape index (κ1) is 18.0. The van der Waals surface area contributed by atoms with Gasteiger partial charge in [-0.2, -0.15) is 0 Å². The second-order valence-corrected chi connectivity index (χ2v) is 5.26. The van der Waals surface area contributed by atoms with E-state index in [1.54, 1.807) is 37.3 Å². The predicted octanol–water partition coefficient (Wildman–Crippen LogP) is 3.59. The van der Waals surface area contributed by atoms with E-state index in [0.717, 1.165) is 11.6 Å². The Balaban J connectivity index is 2.26. The van der Waals surface area contributed by atoms with E-state index in [9.17, 15) is 14.9 Å². The van der Waals surface area contributed by atoms with E-state index in [1.165, 1.54) is 19.3 Å². The van der Waals surface area contributed by atoms with Gasteiger partial charge < -0.3 is 14.6 Å². The molecule has 2 rings (SSSR count). The van der Waals surface area contributed by atoms with Crippen molar-refractivity contribution in [3.63, 3.8) is 0 Å². The predicted molar refractivity (Wildman–Crippen MR) is 91.8 cm³/mol. The summed E-state index contributed by atoms with van der Waals surface area (Å²) in [7, 11) is 1.50. The number of nitro groups is 1. The lowest BCUT2D eigenvalue weighted by Gasteiger charge is -2.11. The topological polar surface area (TPSA) is 98.9 Å². The van der Waals surface area contributed by atoms with Crippen molar-refractivity contribution < 1.29 is 24.3 Å². The molecular weight excluding hydrogens is 326 g/mol. The summed E-state index contributed by atoms with van der Waals surface area (Å²) in [5.74, 6) is -0.352. The molecule has 0 unspecified atom stereocenters. The van der Waals surface area contributed by atoms with E-state index in [-0.39, 0.29) is 18.0 Å². The Bertz CT molecular complexity index is 828. The second-order valence-electron chi connectivity index (χ2n) is 5.26. The highest BCUT2D eigenvalue weighted by atomic mass is 16.6. The van der Waals surface area contributed by atoms with E-state index in [4.69, 9.17) is 14.6 Å². The van der Waals surface area contributed by atoms with Gasteiger partial charge in [0.2, 0.25) is 0 Å². The zero-order valence-electron chi connectivity index (χ0n) is 13.8. The zero-order chi connectivity index (χ0) is 18.4. The first-order chi connectivity index (χ1) is 11.9. The number of ether oxygens (including phenoxy) is 2. The van der Waals surface area contributed by atoms with Crippen LogP contribution < -0.4 is 9.47 Å². The fraction of sp³-hybridized carbons (Fsp3) is 0.167. The third-order valence-corrected chi connectivity index (χ3v) is 3.42. The number of methoxy groups -OCH3 is 1. The molecule has 0 aromatic heterocycles. The Morgan fingerprint density at radius 3 is 2.60 bits per heavy atom. The molecule has 0 heterocycles. The number of aryl methyl sites for hydroxylation is 1. The SMILES string of the molecule is COc1ccc(/C=C/C(=O)O)cc1COc1ccc(C)cc1[N+](=O)[O-]. The number of hydrogen-bond donors (Lipinski definition) is 1. The van der Waals surface area contributed by atoms with E-state index in [0.29, 0.717) is 16.9 Å². The molecule has 0 amide bonds. The quantitative estimate of drug-likeness (QED) is 0.468. The van der Waals surface area contributed by atoms with Gasteiger partial charge in [0.15, 0.2) is 5.75 Å². The molecule has 25 heavy (non-hydrogen) atoms. The van der Waals surface area contributed by atoms with Gasteiger partial charge in [0, 0.05) is 17.7 Å². The summed E-state index contributed by atoms with van der Waals surface area (Å²) in [6.07, 6.45) is 2.47. The van der Waals surface area contributed by atoms with Gasteiger partial charge in [-0.25, -0.2) is 4.79 Å². The maximum Gasteiger partial charge on any atom is 0.328 e. The Labute approximate surface area is 144 Å². The average Bonchev–Trinajstić information content (AvgIpc) is 2.58. The van der Waals surface area contributed by atoms with Crippen LogP contribution >= 0.6 is 0 Å². The fourth-order valence-corrected chi connectivity index (χ4v) is 2.23. The van der Waals surface area contributed by atoms with Gasteiger partial charge in [-0.15, -0.1) is 0 Å². The number of hydrogen-bond acceptors (Lipinski definition) is 5. The van der Waals surface area contributed by atoms with Gasteiger partial charge >= 0.3 is 11.7 Å². The molecule has 130 valence electrons. The summed E-state index contributed by atoms with van der Waals surface area (Å²) < 4.78 is 10.9. The lowest BCUT2D eigenvalue weighted by Crippen LogP contribution is -2.02. The maximum absolute atomic E-state index is 11.1. The van der Waals surface area contributed by atoms with Crippen molar-refractivity contribution in [3.8, 4) is 11.5 Å². The molecule has 0 saturated carbocycles. The number of carbonyl (C=O) groups is 1. The van der Waals surface area contributed by atoms with Gasteiger partial charge in [-0.3, -0.25) is 10.1 Å². The molecule has 0 bridgehead atoms. The number of rotatable bonds is 7. The number of carboxylic acids is 1. The van der Waals surface area contributed by atoms with Crippen LogP contribution in [0.3, 0.4) is 0 Å². The van der Waals surface area contributed by atoms with E-state index in [1.807, 2.05) is 0 Å². The minimum atomic E-state index is -1.05. The van der Waals surface area contributed by atoms with E-state index in [2.05, 4.69) is 0 Å². The molecule has 0 atom stereocenters. The van der Waals surface area contributed by atoms with Crippen LogP contribution in [0.1, 0.15) is 16.7 Å². The van der Waals surface area contributed by atoms with Crippen LogP contribution in [0.5, 0.6) is 11.5 Å². The van der Waals surface area contributed by atoms with Crippen molar-refractivity contribution in [2.24, 2.45) is 0 Å². The van der Waals surface area contributed by atoms with Crippen LogP contribution in [-0.4, -0.2) is 23.1 Å². The number of carboxylic acid groups (broad SMARTS) is 1. The molecule has 0 spiro atoms. The zero-order valence-corrected chi connectivity index (χ0v) is 13.8. The second kappa shape index (κ2) is 7.96. The summed E-state index contributed by atoms with van der Waals surface area (Å²) in [4.78, 5) is 21.3. The molecule has 1 N–H and O–H groups in total. The highest BCUT2D eigenvalue weighted by Crippen LogP contribution is 2.30. The highest BCUT2D eigenvalue weighted by molar-refractivity contribution is 5.85. The molecule has 0 radical (unpaired) electrons. The summed E-state index contributed by atoms with van der Waals surface area (Å²) >= 11 is 0. The van der Waals surface area contributed by atoms with Crippen LogP contribution in [0.2, 0.25) is 0 Å². The van der Waals surface area contributed by atoms with Gasteiger partial charge in [-0.1, -0.05) is 12.1 Å². The summed E-state index contributed by atoms with van der Waals surface area (Å²) in [5.41, 5.74) is 1.95. The maximum atomic E-state index is 11.1. The monoisotopic (exact) mass is 343 g/mol. The van der Waals surface area contributed by atoms with Crippen LogP contribution in [0.15, 0.2) is 42.5 Å². The third kappa shape index (κ3) is 4.81. The number of aliphatic carboxylic acids is 1. The Morgan fingerprint density at radius 1 is 1.24 bits per heavy atom. The van der Waals surface area contributed by atoms with Crippen molar-refractivity contribution in [2.75, 3.05) is 7.11 Å². The molecule has 2 aromatic rings. The summed E-state index contributed by atoms with van der Waals surface area (Å²) in [6, 6.07) is 9.82. The van der Waals surface area contributed by atoms with Crippen molar-refractivity contribution >= 4 is 17.7 Å². The molecule has 0 aliphatic carbocycles. The average molecular weight is 343 g/mol. The lowest BCUT2D eigenvalue weighted by molar-refractivity contribution is -0.386. The van der Waals surface area contributed by atoms with Crippen LogP contribution in [-0.2, 0) is 11.4 Å².